The van der Waals surface area contributed by atoms with Gasteiger partial charge in [0.15, 0.2) is 0 Å². The van der Waals surface area contributed by atoms with Crippen molar-refractivity contribution < 1.29 is 4.74 Å². The summed E-state index contributed by atoms with van der Waals surface area (Å²) in [7, 11) is 0. The van der Waals surface area contributed by atoms with Gasteiger partial charge in [-0.2, -0.15) is 0 Å². The van der Waals surface area contributed by atoms with E-state index in [0.717, 1.165) is 24.1 Å². The van der Waals surface area contributed by atoms with Gasteiger partial charge in [-0.05, 0) is 43.0 Å². The van der Waals surface area contributed by atoms with Crippen LogP contribution in [-0.4, -0.2) is 51.3 Å². The van der Waals surface area contributed by atoms with Gasteiger partial charge in [-0.15, -0.1) is 5.10 Å². The monoisotopic (exact) mass is 283 g/mol. The summed E-state index contributed by atoms with van der Waals surface area (Å²) in [6.07, 6.45) is 5.20. The number of hydrogen-bond acceptors (Lipinski definition) is 6. The first-order valence-corrected chi connectivity index (χ1v) is 8.09. The van der Waals surface area contributed by atoms with Gasteiger partial charge >= 0.3 is 0 Å². The second kappa shape index (κ2) is 6.19. The fourth-order valence-electron chi connectivity index (χ4n) is 2.39. The Morgan fingerprint density at radius 1 is 1.47 bits per heavy atom. The molecule has 19 heavy (non-hydrogen) atoms. The number of thioether (sulfide) groups is 1. The first kappa shape index (κ1) is 13.3. The molecule has 1 aliphatic carbocycles. The molecular weight excluding hydrogens is 262 g/mol. The molecule has 1 aromatic heterocycles. The van der Waals surface area contributed by atoms with Crippen LogP contribution >= 0.6 is 11.8 Å². The van der Waals surface area contributed by atoms with Crippen LogP contribution in [0.2, 0.25) is 0 Å². The fraction of sp³-hybridized carbons (Fsp3) is 0.917. The molecule has 1 saturated heterocycles. The number of nitrogens with one attached hydrogen (secondary N) is 1. The van der Waals surface area contributed by atoms with Crippen molar-refractivity contribution in [2.45, 2.75) is 56.0 Å². The third kappa shape index (κ3) is 3.46. The van der Waals surface area contributed by atoms with Gasteiger partial charge in [0.25, 0.3) is 0 Å². The molecule has 2 fully saturated rings. The maximum atomic E-state index is 5.67. The molecule has 0 spiro atoms. The Kier molecular flexibility index (Phi) is 4.35. The van der Waals surface area contributed by atoms with E-state index < -0.39 is 0 Å². The van der Waals surface area contributed by atoms with E-state index in [2.05, 4.69) is 27.8 Å². The molecule has 2 atom stereocenters. The second-order valence-corrected chi connectivity index (χ2v) is 6.34. The van der Waals surface area contributed by atoms with E-state index >= 15 is 0 Å². The molecule has 106 valence electrons. The average Bonchev–Trinajstić information content (AvgIpc) is 2.95. The minimum absolute atomic E-state index is 0.391. The van der Waals surface area contributed by atoms with Crippen molar-refractivity contribution in [3.05, 3.63) is 0 Å². The van der Waals surface area contributed by atoms with Gasteiger partial charge in [-0.25, -0.2) is 4.68 Å². The molecule has 6 nitrogen and oxygen atoms in total. The fourth-order valence-corrected chi connectivity index (χ4v) is 3.20. The highest BCUT2D eigenvalue weighted by molar-refractivity contribution is 7.99. The summed E-state index contributed by atoms with van der Waals surface area (Å²) in [5.41, 5.74) is 0. The van der Waals surface area contributed by atoms with E-state index in [1.54, 1.807) is 11.8 Å². The van der Waals surface area contributed by atoms with Crippen molar-refractivity contribution in [3.63, 3.8) is 0 Å². The molecule has 7 heteroatoms. The first-order valence-electron chi connectivity index (χ1n) is 7.10. The largest absolute Gasteiger partial charge is 0.377 e. The predicted octanol–water partition coefficient (Wildman–Crippen LogP) is 1.26. The van der Waals surface area contributed by atoms with E-state index in [1.807, 2.05) is 4.68 Å². The standard InChI is InChI=1S/C12H21N5OS/c1-9(11-3-2-7-18-11)13-6-8-19-12-14-15-16-17(12)10-4-5-10/h9-11,13H,2-8H2,1H3. The van der Waals surface area contributed by atoms with Crippen LogP contribution in [-0.2, 0) is 4.74 Å². The third-order valence-corrected chi connectivity index (χ3v) is 4.61. The number of tetrazole rings is 1. The van der Waals surface area contributed by atoms with Gasteiger partial charge in [-0.1, -0.05) is 11.8 Å². The molecule has 0 radical (unpaired) electrons. The Hall–Kier alpha value is -0.660. The predicted molar refractivity (Wildman–Crippen MR) is 73.3 cm³/mol. The molecule has 1 saturated carbocycles. The van der Waals surface area contributed by atoms with Crippen LogP contribution in [0, 0.1) is 0 Å². The quantitative estimate of drug-likeness (QED) is 0.600. The van der Waals surface area contributed by atoms with Gasteiger partial charge < -0.3 is 10.1 Å². The summed E-state index contributed by atoms with van der Waals surface area (Å²) in [5, 5.41) is 16.4. The molecule has 1 N–H and O–H groups in total. The number of ether oxygens (including phenoxy) is 1. The molecule has 3 rings (SSSR count). The molecule has 0 bridgehead atoms. The molecule has 1 aliphatic heterocycles. The first-order chi connectivity index (χ1) is 9.34. The van der Waals surface area contributed by atoms with Gasteiger partial charge in [-0.3, -0.25) is 0 Å². The van der Waals surface area contributed by atoms with E-state index in [0.29, 0.717) is 18.2 Å². The normalized spacial score (nSPS) is 24.8. The zero-order valence-corrected chi connectivity index (χ0v) is 12.1. The van der Waals surface area contributed by atoms with Gasteiger partial charge in [0.2, 0.25) is 5.16 Å². The van der Waals surface area contributed by atoms with E-state index in [9.17, 15) is 0 Å². The summed E-state index contributed by atoms with van der Waals surface area (Å²) in [4.78, 5) is 0. The molecule has 1 aromatic rings. The van der Waals surface area contributed by atoms with Crippen molar-refractivity contribution in [2.75, 3.05) is 18.9 Å². The number of aromatic nitrogens is 4. The van der Waals surface area contributed by atoms with Crippen LogP contribution in [0.25, 0.3) is 0 Å². The highest BCUT2D eigenvalue weighted by Crippen LogP contribution is 2.36. The molecule has 0 amide bonds. The Balaban J connectivity index is 1.37. The lowest BCUT2D eigenvalue weighted by Crippen LogP contribution is -2.38. The molecule has 2 aliphatic rings. The summed E-state index contributed by atoms with van der Waals surface area (Å²) in [6, 6.07) is 0.985. The van der Waals surface area contributed by atoms with E-state index in [-0.39, 0.29) is 0 Å². The van der Waals surface area contributed by atoms with Gasteiger partial charge in [0, 0.05) is 24.9 Å². The van der Waals surface area contributed by atoms with Crippen molar-refractivity contribution >= 4 is 11.8 Å². The van der Waals surface area contributed by atoms with Crippen LogP contribution < -0.4 is 5.32 Å². The minimum atomic E-state index is 0.391. The minimum Gasteiger partial charge on any atom is -0.377 e. The summed E-state index contributed by atoms with van der Waals surface area (Å²) in [5.74, 6) is 0.990. The highest BCUT2D eigenvalue weighted by atomic mass is 32.2. The zero-order valence-electron chi connectivity index (χ0n) is 11.3. The van der Waals surface area contributed by atoms with Crippen LogP contribution in [0.4, 0.5) is 0 Å². The van der Waals surface area contributed by atoms with Crippen molar-refractivity contribution in [2.24, 2.45) is 0 Å². The maximum absolute atomic E-state index is 5.67. The maximum Gasteiger partial charge on any atom is 0.209 e. The average molecular weight is 283 g/mol. The lowest BCUT2D eigenvalue weighted by atomic mass is 10.1. The Labute approximate surface area is 117 Å². The topological polar surface area (TPSA) is 64.9 Å². The number of hydrogen-bond donors (Lipinski definition) is 1. The Bertz CT molecular complexity index is 403. The lowest BCUT2D eigenvalue weighted by molar-refractivity contribution is 0.0844. The molecule has 2 unspecified atom stereocenters. The number of rotatable bonds is 7. The Morgan fingerprint density at radius 2 is 2.37 bits per heavy atom. The summed E-state index contributed by atoms with van der Waals surface area (Å²) >= 11 is 1.73. The van der Waals surface area contributed by atoms with Crippen molar-refractivity contribution in [1.29, 1.82) is 0 Å². The second-order valence-electron chi connectivity index (χ2n) is 5.28. The SMILES string of the molecule is CC(NCCSc1nnnn1C1CC1)C1CCCO1. The lowest BCUT2D eigenvalue weighted by Gasteiger charge is -2.19. The van der Waals surface area contributed by atoms with Gasteiger partial charge in [0.1, 0.15) is 0 Å². The highest BCUT2D eigenvalue weighted by Gasteiger charge is 2.27. The van der Waals surface area contributed by atoms with Crippen LogP contribution in [0.5, 0.6) is 0 Å². The van der Waals surface area contributed by atoms with Gasteiger partial charge in [0.05, 0.1) is 12.1 Å². The zero-order chi connectivity index (χ0) is 13.1. The van der Waals surface area contributed by atoms with Crippen molar-refractivity contribution in [1.82, 2.24) is 25.5 Å². The van der Waals surface area contributed by atoms with E-state index in [4.69, 9.17) is 4.74 Å². The smallest absolute Gasteiger partial charge is 0.209 e. The molecule has 0 aromatic carbocycles. The van der Waals surface area contributed by atoms with E-state index in [1.165, 1.54) is 25.7 Å². The van der Waals surface area contributed by atoms with Crippen LogP contribution in [0.1, 0.15) is 38.6 Å². The van der Waals surface area contributed by atoms with Crippen LogP contribution in [0.15, 0.2) is 5.16 Å². The van der Waals surface area contributed by atoms with Crippen LogP contribution in [0.3, 0.4) is 0 Å². The summed E-state index contributed by atoms with van der Waals surface area (Å²) < 4.78 is 7.64. The van der Waals surface area contributed by atoms with Crippen molar-refractivity contribution in [3.8, 4) is 0 Å². The summed E-state index contributed by atoms with van der Waals surface area (Å²) in [6.45, 7) is 4.08. The number of nitrogens with zero attached hydrogens (tertiary/aromatic N) is 4. The Morgan fingerprint density at radius 3 is 3.11 bits per heavy atom. The third-order valence-electron chi connectivity index (χ3n) is 3.68. The molecular formula is C12H21N5OS. The molecule has 2 heterocycles.